The summed E-state index contributed by atoms with van der Waals surface area (Å²) in [6, 6.07) is -0.831. The zero-order chi connectivity index (χ0) is 13.6. The smallest absolute Gasteiger partial charge is 0.236 e. The molecule has 0 aromatic carbocycles. The molecular formula is C9H16N4O4S. The van der Waals surface area contributed by atoms with Crippen molar-refractivity contribution in [3.05, 3.63) is 12.2 Å². The van der Waals surface area contributed by atoms with Crippen LogP contribution >= 0.6 is 0 Å². The van der Waals surface area contributed by atoms with Crippen molar-refractivity contribution in [3.8, 4) is 0 Å². The number of carbonyl (C=O) groups excluding carboxylic acids is 1. The number of nitrogens with two attached hydrogens (primary N) is 1. The number of rotatable bonds is 7. The minimum absolute atomic E-state index is 0.102. The SMILES string of the molecule is CS(=O)(=O)CCC(N)C(=O)NCCc1ncno1. The van der Waals surface area contributed by atoms with Gasteiger partial charge in [-0.05, 0) is 6.42 Å². The fourth-order valence-corrected chi connectivity index (χ4v) is 1.88. The van der Waals surface area contributed by atoms with E-state index >= 15 is 0 Å². The van der Waals surface area contributed by atoms with Crippen LogP contribution in [-0.2, 0) is 21.1 Å². The molecule has 0 fully saturated rings. The maximum Gasteiger partial charge on any atom is 0.236 e. The second kappa shape index (κ2) is 6.45. The van der Waals surface area contributed by atoms with Crippen molar-refractivity contribution in [2.24, 2.45) is 5.73 Å². The number of carbonyl (C=O) groups is 1. The number of sulfone groups is 1. The molecule has 0 aliphatic carbocycles. The van der Waals surface area contributed by atoms with Crippen LogP contribution in [0, 0.1) is 0 Å². The Balaban J connectivity index is 2.23. The first-order valence-corrected chi connectivity index (χ1v) is 7.41. The Morgan fingerprint density at radius 2 is 2.33 bits per heavy atom. The van der Waals surface area contributed by atoms with Gasteiger partial charge in [0.25, 0.3) is 0 Å². The van der Waals surface area contributed by atoms with E-state index in [1.807, 2.05) is 0 Å². The van der Waals surface area contributed by atoms with Crippen LogP contribution in [0.3, 0.4) is 0 Å². The molecule has 8 nitrogen and oxygen atoms in total. The van der Waals surface area contributed by atoms with E-state index in [4.69, 9.17) is 10.3 Å². The minimum atomic E-state index is -3.10. The molecule has 1 atom stereocenters. The van der Waals surface area contributed by atoms with E-state index in [-0.39, 0.29) is 12.2 Å². The third kappa shape index (κ3) is 5.73. The monoisotopic (exact) mass is 276 g/mol. The third-order valence-corrected chi connectivity index (χ3v) is 3.16. The number of amides is 1. The zero-order valence-corrected chi connectivity index (χ0v) is 10.8. The Morgan fingerprint density at radius 3 is 2.89 bits per heavy atom. The van der Waals surface area contributed by atoms with Crippen LogP contribution < -0.4 is 11.1 Å². The second-order valence-electron chi connectivity index (χ2n) is 3.90. The Morgan fingerprint density at radius 1 is 1.61 bits per heavy atom. The summed E-state index contributed by atoms with van der Waals surface area (Å²) in [6.45, 7) is 0.313. The van der Waals surface area contributed by atoms with Crippen LogP contribution in [0.5, 0.6) is 0 Å². The van der Waals surface area contributed by atoms with Gasteiger partial charge in [-0.3, -0.25) is 4.79 Å². The summed E-state index contributed by atoms with van der Waals surface area (Å²) >= 11 is 0. The summed E-state index contributed by atoms with van der Waals surface area (Å²) in [5.74, 6) is -0.0798. The van der Waals surface area contributed by atoms with E-state index in [1.165, 1.54) is 6.33 Å². The van der Waals surface area contributed by atoms with Gasteiger partial charge in [0.05, 0.1) is 11.8 Å². The third-order valence-electron chi connectivity index (χ3n) is 2.18. The van der Waals surface area contributed by atoms with Gasteiger partial charge < -0.3 is 15.6 Å². The maximum atomic E-state index is 11.5. The van der Waals surface area contributed by atoms with E-state index in [0.717, 1.165) is 6.26 Å². The van der Waals surface area contributed by atoms with Crippen molar-refractivity contribution in [2.45, 2.75) is 18.9 Å². The summed E-state index contributed by atoms with van der Waals surface area (Å²) in [6.07, 6.45) is 2.89. The molecule has 9 heteroatoms. The molecule has 1 amide bonds. The van der Waals surface area contributed by atoms with E-state index in [1.54, 1.807) is 0 Å². The molecule has 1 aromatic heterocycles. The molecular weight excluding hydrogens is 260 g/mol. The second-order valence-corrected chi connectivity index (χ2v) is 6.16. The van der Waals surface area contributed by atoms with Gasteiger partial charge >= 0.3 is 0 Å². The normalized spacial score (nSPS) is 13.2. The van der Waals surface area contributed by atoms with Gasteiger partial charge in [-0.2, -0.15) is 4.98 Å². The Labute approximate surface area is 105 Å². The summed E-state index contributed by atoms with van der Waals surface area (Å²) in [7, 11) is -3.10. The maximum absolute atomic E-state index is 11.5. The predicted octanol–water partition coefficient (Wildman–Crippen LogP) is -1.51. The molecule has 1 unspecified atom stereocenters. The quantitative estimate of drug-likeness (QED) is 0.619. The van der Waals surface area contributed by atoms with Crippen molar-refractivity contribution in [3.63, 3.8) is 0 Å². The largest absolute Gasteiger partial charge is 0.354 e. The first-order valence-electron chi connectivity index (χ1n) is 5.35. The van der Waals surface area contributed by atoms with Gasteiger partial charge in [0.1, 0.15) is 9.84 Å². The Bertz CT molecular complexity index is 471. The van der Waals surface area contributed by atoms with Gasteiger partial charge in [-0.25, -0.2) is 8.42 Å². The molecule has 0 radical (unpaired) electrons. The lowest BCUT2D eigenvalue weighted by molar-refractivity contribution is -0.122. The zero-order valence-electron chi connectivity index (χ0n) is 10.00. The van der Waals surface area contributed by atoms with Crippen LogP contribution in [0.25, 0.3) is 0 Å². The highest BCUT2D eigenvalue weighted by Crippen LogP contribution is 1.95. The summed E-state index contributed by atoms with van der Waals surface area (Å²) < 4.78 is 26.6. The van der Waals surface area contributed by atoms with Crippen molar-refractivity contribution in [1.29, 1.82) is 0 Å². The number of aromatic nitrogens is 2. The topological polar surface area (TPSA) is 128 Å². The van der Waals surface area contributed by atoms with Gasteiger partial charge in [-0.1, -0.05) is 5.16 Å². The average Bonchev–Trinajstić information content (AvgIpc) is 2.77. The highest BCUT2D eigenvalue weighted by Gasteiger charge is 2.15. The first kappa shape index (κ1) is 14.6. The van der Waals surface area contributed by atoms with Crippen molar-refractivity contribution >= 4 is 15.7 Å². The molecule has 0 aliphatic heterocycles. The lowest BCUT2D eigenvalue weighted by Crippen LogP contribution is -2.42. The molecule has 0 bridgehead atoms. The predicted molar refractivity (Wildman–Crippen MR) is 63.3 cm³/mol. The molecule has 102 valence electrons. The van der Waals surface area contributed by atoms with Crippen LogP contribution in [0.4, 0.5) is 0 Å². The van der Waals surface area contributed by atoms with E-state index in [9.17, 15) is 13.2 Å². The van der Waals surface area contributed by atoms with Gasteiger partial charge in [-0.15, -0.1) is 0 Å². The number of nitrogens with zero attached hydrogens (tertiary/aromatic N) is 2. The lowest BCUT2D eigenvalue weighted by atomic mass is 10.2. The summed E-state index contributed by atoms with van der Waals surface area (Å²) in [5, 5.41) is 5.99. The molecule has 0 saturated carbocycles. The van der Waals surface area contributed by atoms with Gasteiger partial charge in [0.2, 0.25) is 11.8 Å². The first-order chi connectivity index (χ1) is 8.38. The summed E-state index contributed by atoms with van der Waals surface area (Å²) in [4.78, 5) is 15.3. The van der Waals surface area contributed by atoms with Gasteiger partial charge in [0.15, 0.2) is 6.33 Å². The van der Waals surface area contributed by atoms with Crippen LogP contribution in [0.15, 0.2) is 10.9 Å². The molecule has 1 aromatic rings. The highest BCUT2D eigenvalue weighted by atomic mass is 32.2. The van der Waals surface area contributed by atoms with Crippen LogP contribution in [0.1, 0.15) is 12.3 Å². The van der Waals surface area contributed by atoms with Crippen molar-refractivity contribution in [1.82, 2.24) is 15.5 Å². The molecule has 18 heavy (non-hydrogen) atoms. The van der Waals surface area contributed by atoms with Gasteiger partial charge in [0, 0.05) is 19.2 Å². The van der Waals surface area contributed by atoms with Crippen molar-refractivity contribution < 1.29 is 17.7 Å². The molecule has 0 spiro atoms. The molecule has 1 rings (SSSR count). The Hall–Kier alpha value is -1.48. The van der Waals surface area contributed by atoms with E-state index in [2.05, 4.69) is 15.5 Å². The fourth-order valence-electron chi connectivity index (χ4n) is 1.20. The molecule has 1 heterocycles. The Kier molecular flexibility index (Phi) is 5.23. The number of nitrogens with one attached hydrogen (secondary N) is 1. The van der Waals surface area contributed by atoms with Crippen LogP contribution in [-0.4, -0.2) is 49.1 Å². The van der Waals surface area contributed by atoms with E-state index in [0.29, 0.717) is 18.9 Å². The molecule has 3 N–H and O–H groups in total. The lowest BCUT2D eigenvalue weighted by Gasteiger charge is -2.10. The number of hydrogen-bond donors (Lipinski definition) is 2. The fraction of sp³-hybridized carbons (Fsp3) is 0.667. The van der Waals surface area contributed by atoms with Crippen LogP contribution in [0.2, 0.25) is 0 Å². The minimum Gasteiger partial charge on any atom is -0.354 e. The summed E-state index contributed by atoms with van der Waals surface area (Å²) in [5.41, 5.74) is 5.56. The molecule has 0 saturated heterocycles. The molecule has 0 aliphatic rings. The standard InChI is InChI=1S/C9H16N4O4S/c1-18(15,16)5-3-7(10)9(14)11-4-2-8-12-6-13-17-8/h6-7H,2-5,10H2,1H3,(H,11,14). The van der Waals surface area contributed by atoms with E-state index < -0.39 is 21.8 Å². The van der Waals surface area contributed by atoms with Crippen molar-refractivity contribution in [2.75, 3.05) is 18.6 Å². The average molecular weight is 276 g/mol. The number of hydrogen-bond acceptors (Lipinski definition) is 7. The highest BCUT2D eigenvalue weighted by molar-refractivity contribution is 7.90.